The number of aliphatic hydroxyl groups excluding tert-OH is 6. The topological polar surface area (TPSA) is 245 Å². The van der Waals surface area contributed by atoms with Crippen LogP contribution in [0.4, 0.5) is 0 Å². The molecule has 0 saturated carbocycles. The van der Waals surface area contributed by atoms with Crippen LogP contribution < -0.4 is 10.6 Å². The number of aliphatic carboxylic acids is 1. The van der Waals surface area contributed by atoms with Gasteiger partial charge in [0.25, 0.3) is 0 Å². The number of hydrogen-bond donors (Lipinski definition) is 9. The molecular weight excluding hydrogens is 508 g/mol. The largest absolute Gasteiger partial charge is 0.478 e. The molecule has 0 aromatic rings. The Labute approximate surface area is 210 Å². The molecule has 0 bridgehead atoms. The molecule has 2 aliphatic heterocycles. The SMILES string of the molecule is CO[C@H]1O[C@H](CS[C@]2(C(=O)O)C[C@H](O)[C@@H](NC(C)=O)[C@H]([C@H](O)[C@H](O)CO)O2)[C@@H](O)[C@H](O)[C@H]1NC(C)=O. The highest BCUT2D eigenvalue weighted by Crippen LogP contribution is 2.41. The van der Waals surface area contributed by atoms with E-state index >= 15 is 0 Å². The molecular formula is C20H34N2O13S. The second kappa shape index (κ2) is 12.8. The second-order valence-electron chi connectivity index (χ2n) is 8.68. The Balaban J connectivity index is 2.28. The van der Waals surface area contributed by atoms with Gasteiger partial charge in [0.15, 0.2) is 6.29 Å². The standard InChI is InChI=1S/C20H34N2O13S/c1-7(24)21-12-9(26)4-20(19(31)32,35-17(12)14(28)10(27)5-23)36-6-11-15(29)16(30)13(22-8(2)25)18(33-3)34-11/h9-18,23,26-30H,4-6H2,1-3H3,(H,21,24)(H,22,25)(H,31,32)/t9-,10+,11+,12+,13+,14+,15+,16+,17+,18-,20-/m0/s1. The van der Waals surface area contributed by atoms with E-state index in [1.165, 1.54) is 14.0 Å². The van der Waals surface area contributed by atoms with Gasteiger partial charge in [-0.05, 0) is 0 Å². The van der Waals surface area contributed by atoms with Crippen molar-refractivity contribution in [2.75, 3.05) is 19.5 Å². The summed E-state index contributed by atoms with van der Waals surface area (Å²) in [5, 5.41) is 76.1. The molecule has 0 aromatic carbocycles. The summed E-state index contributed by atoms with van der Waals surface area (Å²) in [6.07, 6.45) is -13.0. The first-order valence-corrected chi connectivity index (χ1v) is 12.0. The smallest absolute Gasteiger partial charge is 0.346 e. The van der Waals surface area contributed by atoms with Gasteiger partial charge in [-0.3, -0.25) is 9.59 Å². The average Bonchev–Trinajstić information content (AvgIpc) is 2.81. The Morgan fingerprint density at radius 3 is 2.17 bits per heavy atom. The van der Waals surface area contributed by atoms with Crippen molar-refractivity contribution in [1.82, 2.24) is 10.6 Å². The number of carbonyl (C=O) groups excluding carboxylic acids is 2. The van der Waals surface area contributed by atoms with Crippen molar-refractivity contribution < 1.29 is 64.3 Å². The summed E-state index contributed by atoms with van der Waals surface area (Å²) in [6, 6.07) is -2.43. The molecule has 0 unspecified atom stereocenters. The van der Waals surface area contributed by atoms with Crippen LogP contribution in [0.1, 0.15) is 20.3 Å². The molecule has 2 rings (SSSR count). The number of hydrogen-bond acceptors (Lipinski definition) is 13. The highest BCUT2D eigenvalue weighted by atomic mass is 32.2. The number of carboxylic acid groups (broad SMARTS) is 1. The summed E-state index contributed by atoms with van der Waals surface area (Å²) in [5.41, 5.74) is 0. The highest BCUT2D eigenvalue weighted by Gasteiger charge is 2.56. The maximum atomic E-state index is 12.3. The minimum atomic E-state index is -2.25. The third kappa shape index (κ3) is 6.83. The number of ether oxygens (including phenoxy) is 3. The van der Waals surface area contributed by atoms with Gasteiger partial charge < -0.3 is 60.6 Å². The maximum Gasteiger partial charge on any atom is 0.346 e. The van der Waals surface area contributed by atoms with E-state index in [0.29, 0.717) is 11.8 Å². The van der Waals surface area contributed by atoms with E-state index < -0.39 is 96.8 Å². The van der Waals surface area contributed by atoms with Gasteiger partial charge in [0, 0.05) is 33.1 Å². The van der Waals surface area contributed by atoms with Gasteiger partial charge in [0.1, 0.15) is 36.6 Å². The molecule has 0 aliphatic carbocycles. The first kappa shape index (κ1) is 30.6. The van der Waals surface area contributed by atoms with Gasteiger partial charge in [0.05, 0.1) is 24.9 Å². The predicted molar refractivity (Wildman–Crippen MR) is 120 cm³/mol. The lowest BCUT2D eigenvalue weighted by molar-refractivity contribution is -0.251. The Hall–Kier alpha value is -1.60. The highest BCUT2D eigenvalue weighted by molar-refractivity contribution is 8.01. The quantitative estimate of drug-likeness (QED) is 0.126. The van der Waals surface area contributed by atoms with Crippen LogP contribution in [-0.2, 0) is 28.6 Å². The number of methoxy groups -OCH3 is 1. The molecule has 16 heteroatoms. The van der Waals surface area contributed by atoms with Crippen molar-refractivity contribution in [1.29, 1.82) is 0 Å². The van der Waals surface area contributed by atoms with Crippen LogP contribution in [0.3, 0.4) is 0 Å². The Morgan fingerprint density at radius 2 is 1.67 bits per heavy atom. The van der Waals surface area contributed by atoms with Gasteiger partial charge in [-0.25, -0.2) is 4.79 Å². The number of amides is 2. The van der Waals surface area contributed by atoms with Crippen molar-refractivity contribution >= 4 is 29.5 Å². The van der Waals surface area contributed by atoms with Crippen molar-refractivity contribution in [3.05, 3.63) is 0 Å². The number of carbonyl (C=O) groups is 3. The van der Waals surface area contributed by atoms with Crippen LogP contribution in [0, 0.1) is 0 Å². The van der Waals surface area contributed by atoms with Crippen molar-refractivity contribution in [3.8, 4) is 0 Å². The Kier molecular flexibility index (Phi) is 10.9. The molecule has 0 radical (unpaired) electrons. The van der Waals surface area contributed by atoms with Crippen LogP contribution in [0.5, 0.6) is 0 Å². The molecule has 0 aromatic heterocycles. The predicted octanol–water partition coefficient (Wildman–Crippen LogP) is -4.53. The maximum absolute atomic E-state index is 12.3. The first-order chi connectivity index (χ1) is 16.8. The molecule has 2 amide bonds. The van der Waals surface area contributed by atoms with Gasteiger partial charge in [-0.2, -0.15) is 0 Å². The van der Waals surface area contributed by atoms with E-state index in [1.54, 1.807) is 0 Å². The fourth-order valence-electron chi connectivity index (χ4n) is 4.15. The lowest BCUT2D eigenvalue weighted by Gasteiger charge is -2.47. The molecule has 36 heavy (non-hydrogen) atoms. The summed E-state index contributed by atoms with van der Waals surface area (Å²) in [5.74, 6) is -3.03. The van der Waals surface area contributed by atoms with E-state index in [9.17, 15) is 50.1 Å². The second-order valence-corrected chi connectivity index (χ2v) is 9.96. The fraction of sp³-hybridized carbons (Fsp3) is 0.850. The van der Waals surface area contributed by atoms with Crippen molar-refractivity contribution in [2.24, 2.45) is 0 Å². The summed E-state index contributed by atoms with van der Waals surface area (Å²) < 4.78 is 16.4. The number of carboxylic acids is 1. The molecule has 208 valence electrons. The van der Waals surface area contributed by atoms with E-state index in [2.05, 4.69) is 10.6 Å². The van der Waals surface area contributed by atoms with Crippen LogP contribution in [0.25, 0.3) is 0 Å². The number of aliphatic hydroxyl groups is 6. The Morgan fingerprint density at radius 1 is 1.08 bits per heavy atom. The molecule has 2 aliphatic rings. The molecule has 9 N–H and O–H groups in total. The van der Waals surface area contributed by atoms with E-state index in [0.717, 1.165) is 6.92 Å². The number of nitrogens with one attached hydrogen (secondary N) is 2. The summed E-state index contributed by atoms with van der Waals surface area (Å²) >= 11 is 0.569. The molecule has 2 heterocycles. The van der Waals surface area contributed by atoms with Crippen molar-refractivity contribution in [3.63, 3.8) is 0 Å². The fourth-order valence-corrected chi connectivity index (χ4v) is 5.45. The van der Waals surface area contributed by atoms with E-state index in [-0.39, 0.29) is 5.75 Å². The molecule has 2 saturated heterocycles. The lowest BCUT2D eigenvalue weighted by atomic mass is 9.90. The summed E-state index contributed by atoms with van der Waals surface area (Å²) in [4.78, 5) is 33.1. The van der Waals surface area contributed by atoms with Gasteiger partial charge >= 0.3 is 5.97 Å². The third-order valence-electron chi connectivity index (χ3n) is 5.97. The van der Waals surface area contributed by atoms with Gasteiger partial charge in [-0.1, -0.05) is 0 Å². The van der Waals surface area contributed by atoms with Crippen LogP contribution in [-0.4, -0.2) is 139 Å². The lowest BCUT2D eigenvalue weighted by Crippen LogP contribution is -2.67. The van der Waals surface area contributed by atoms with Crippen LogP contribution in [0.15, 0.2) is 0 Å². The zero-order valence-corrected chi connectivity index (χ0v) is 20.7. The van der Waals surface area contributed by atoms with E-state index in [4.69, 9.17) is 14.2 Å². The zero-order valence-electron chi connectivity index (χ0n) is 19.9. The normalized spacial score (nSPS) is 38.6. The summed E-state index contributed by atoms with van der Waals surface area (Å²) in [7, 11) is 1.24. The minimum absolute atomic E-state index is 0.319. The average molecular weight is 543 g/mol. The van der Waals surface area contributed by atoms with Crippen LogP contribution in [0.2, 0.25) is 0 Å². The number of rotatable bonds is 10. The Bertz CT molecular complexity index is 789. The molecule has 2 fully saturated rings. The van der Waals surface area contributed by atoms with E-state index in [1.807, 2.05) is 0 Å². The van der Waals surface area contributed by atoms with Gasteiger partial charge in [0.2, 0.25) is 16.7 Å². The minimum Gasteiger partial charge on any atom is -0.478 e. The zero-order chi connectivity index (χ0) is 27.4. The van der Waals surface area contributed by atoms with Crippen LogP contribution >= 0.6 is 11.8 Å². The van der Waals surface area contributed by atoms with Crippen molar-refractivity contribution in [2.45, 2.75) is 86.3 Å². The first-order valence-electron chi connectivity index (χ1n) is 11.1. The molecule has 15 nitrogen and oxygen atoms in total. The molecule has 11 atom stereocenters. The summed E-state index contributed by atoms with van der Waals surface area (Å²) in [6.45, 7) is 1.41. The third-order valence-corrected chi connectivity index (χ3v) is 7.37. The van der Waals surface area contributed by atoms with Gasteiger partial charge in [-0.15, -0.1) is 11.8 Å². The monoisotopic (exact) mass is 542 g/mol. The number of thioether (sulfide) groups is 1. The molecule has 0 spiro atoms.